The van der Waals surface area contributed by atoms with Crippen molar-refractivity contribution in [2.75, 3.05) is 0 Å². The molecule has 6 nitrogen and oxygen atoms in total. The minimum Gasteiger partial charge on any atom is -0.469 e. The summed E-state index contributed by atoms with van der Waals surface area (Å²) in [7, 11) is 0. The van der Waals surface area contributed by atoms with Crippen LogP contribution in [0, 0.1) is 0 Å². The van der Waals surface area contributed by atoms with Crippen LogP contribution >= 0.6 is 0 Å². The fourth-order valence-corrected chi connectivity index (χ4v) is 1.50. The molecule has 0 saturated heterocycles. The number of hydrogen-bond acceptors (Lipinski definition) is 4. The second-order valence-corrected chi connectivity index (χ2v) is 3.74. The van der Waals surface area contributed by atoms with Gasteiger partial charge in [0.25, 0.3) is 0 Å². The molecular weight excluding hydrogens is 220 g/mol. The Balaban J connectivity index is 1.77. The Morgan fingerprint density at radius 1 is 1.65 bits per heavy atom. The SMILES string of the molecule is CC(NC(=O)CCc1ccco1)c1ncn[nH]1. The lowest BCUT2D eigenvalue weighted by molar-refractivity contribution is -0.121. The van der Waals surface area contributed by atoms with Gasteiger partial charge >= 0.3 is 0 Å². The number of furan rings is 1. The number of nitrogens with one attached hydrogen (secondary N) is 2. The smallest absolute Gasteiger partial charge is 0.221 e. The average molecular weight is 234 g/mol. The van der Waals surface area contributed by atoms with Gasteiger partial charge in [0.05, 0.1) is 12.3 Å². The predicted molar refractivity (Wildman–Crippen MR) is 60.0 cm³/mol. The van der Waals surface area contributed by atoms with Gasteiger partial charge in [-0.2, -0.15) is 5.10 Å². The van der Waals surface area contributed by atoms with E-state index in [1.54, 1.807) is 6.26 Å². The lowest BCUT2D eigenvalue weighted by Gasteiger charge is -2.10. The lowest BCUT2D eigenvalue weighted by Crippen LogP contribution is -2.27. The molecule has 1 atom stereocenters. The van der Waals surface area contributed by atoms with Crippen LogP contribution in [0.25, 0.3) is 0 Å². The number of amides is 1. The second-order valence-electron chi connectivity index (χ2n) is 3.74. The van der Waals surface area contributed by atoms with E-state index in [9.17, 15) is 4.79 Å². The number of carbonyl (C=O) groups excluding carboxylic acids is 1. The number of aromatic nitrogens is 3. The number of H-pyrrole nitrogens is 1. The van der Waals surface area contributed by atoms with E-state index in [4.69, 9.17) is 4.42 Å². The van der Waals surface area contributed by atoms with Gasteiger partial charge in [0.15, 0.2) is 0 Å². The fourth-order valence-electron chi connectivity index (χ4n) is 1.50. The zero-order valence-electron chi connectivity index (χ0n) is 9.51. The molecule has 0 fully saturated rings. The normalized spacial score (nSPS) is 12.3. The van der Waals surface area contributed by atoms with Gasteiger partial charge in [-0.25, -0.2) is 4.98 Å². The summed E-state index contributed by atoms with van der Waals surface area (Å²) in [6.45, 7) is 1.85. The highest BCUT2D eigenvalue weighted by Gasteiger charge is 2.11. The van der Waals surface area contributed by atoms with Crippen molar-refractivity contribution in [1.82, 2.24) is 20.5 Å². The van der Waals surface area contributed by atoms with E-state index in [2.05, 4.69) is 20.5 Å². The molecule has 1 unspecified atom stereocenters. The van der Waals surface area contributed by atoms with Crippen molar-refractivity contribution in [3.63, 3.8) is 0 Å². The minimum atomic E-state index is -0.165. The molecule has 0 aliphatic heterocycles. The van der Waals surface area contributed by atoms with Crippen molar-refractivity contribution >= 4 is 5.91 Å². The molecule has 6 heteroatoms. The van der Waals surface area contributed by atoms with Crippen LogP contribution in [0.5, 0.6) is 0 Å². The van der Waals surface area contributed by atoms with Crippen LogP contribution < -0.4 is 5.32 Å². The summed E-state index contributed by atoms with van der Waals surface area (Å²) in [5, 5.41) is 9.28. The molecule has 0 bridgehead atoms. The predicted octanol–water partition coefficient (Wildman–Crippen LogP) is 1.21. The van der Waals surface area contributed by atoms with Crippen LogP contribution in [0.2, 0.25) is 0 Å². The average Bonchev–Trinajstić information content (AvgIpc) is 2.99. The maximum Gasteiger partial charge on any atom is 0.221 e. The van der Waals surface area contributed by atoms with E-state index in [-0.39, 0.29) is 11.9 Å². The van der Waals surface area contributed by atoms with E-state index >= 15 is 0 Å². The van der Waals surface area contributed by atoms with E-state index in [1.807, 2.05) is 19.1 Å². The molecule has 0 aromatic carbocycles. The first-order valence-corrected chi connectivity index (χ1v) is 5.42. The Morgan fingerprint density at radius 3 is 3.18 bits per heavy atom. The van der Waals surface area contributed by atoms with E-state index in [0.29, 0.717) is 18.7 Å². The number of carbonyl (C=O) groups is 1. The van der Waals surface area contributed by atoms with Crippen molar-refractivity contribution in [2.45, 2.75) is 25.8 Å². The monoisotopic (exact) mass is 234 g/mol. The zero-order chi connectivity index (χ0) is 12.1. The first-order valence-electron chi connectivity index (χ1n) is 5.42. The third kappa shape index (κ3) is 3.17. The van der Waals surface area contributed by atoms with Crippen LogP contribution in [-0.4, -0.2) is 21.1 Å². The molecule has 2 heterocycles. The molecule has 0 radical (unpaired) electrons. The number of aryl methyl sites for hydroxylation is 1. The molecule has 2 N–H and O–H groups in total. The minimum absolute atomic E-state index is 0.0368. The molecule has 2 rings (SSSR count). The summed E-state index contributed by atoms with van der Waals surface area (Å²) in [4.78, 5) is 15.6. The molecular formula is C11H14N4O2. The second kappa shape index (κ2) is 5.29. The third-order valence-corrected chi connectivity index (χ3v) is 2.40. The molecule has 0 spiro atoms. The van der Waals surface area contributed by atoms with Crippen LogP contribution in [0.3, 0.4) is 0 Å². The zero-order valence-corrected chi connectivity index (χ0v) is 9.51. The summed E-state index contributed by atoms with van der Waals surface area (Å²) < 4.78 is 5.15. The maximum atomic E-state index is 11.6. The highest BCUT2D eigenvalue weighted by Crippen LogP contribution is 2.07. The largest absolute Gasteiger partial charge is 0.469 e. The number of aromatic amines is 1. The number of hydrogen-bond donors (Lipinski definition) is 2. The van der Waals surface area contributed by atoms with Gasteiger partial charge in [0.1, 0.15) is 17.9 Å². The van der Waals surface area contributed by atoms with Gasteiger partial charge in [-0.3, -0.25) is 9.89 Å². The van der Waals surface area contributed by atoms with E-state index in [0.717, 1.165) is 5.76 Å². The van der Waals surface area contributed by atoms with Crippen LogP contribution in [0.1, 0.15) is 31.0 Å². The van der Waals surface area contributed by atoms with Gasteiger partial charge in [-0.15, -0.1) is 0 Å². The molecule has 90 valence electrons. The molecule has 0 saturated carbocycles. The Kier molecular flexibility index (Phi) is 3.54. The Morgan fingerprint density at radius 2 is 2.53 bits per heavy atom. The first kappa shape index (κ1) is 11.4. The summed E-state index contributed by atoms with van der Waals surface area (Å²) in [5.41, 5.74) is 0. The van der Waals surface area contributed by atoms with Crippen LogP contribution in [-0.2, 0) is 11.2 Å². The number of rotatable bonds is 5. The first-order chi connectivity index (χ1) is 8.25. The van der Waals surface area contributed by atoms with Gasteiger partial charge in [-0.1, -0.05) is 0 Å². The molecule has 2 aromatic rings. The molecule has 2 aromatic heterocycles. The van der Waals surface area contributed by atoms with Gasteiger partial charge < -0.3 is 9.73 Å². The highest BCUT2D eigenvalue weighted by molar-refractivity contribution is 5.76. The van der Waals surface area contributed by atoms with Crippen LogP contribution in [0.15, 0.2) is 29.1 Å². The Hall–Kier alpha value is -2.11. The van der Waals surface area contributed by atoms with Gasteiger partial charge in [-0.05, 0) is 19.1 Å². The summed E-state index contributed by atoms with van der Waals surface area (Å²) >= 11 is 0. The summed E-state index contributed by atoms with van der Waals surface area (Å²) in [6.07, 6.45) is 4.01. The molecule has 0 aliphatic carbocycles. The van der Waals surface area contributed by atoms with Gasteiger partial charge in [0, 0.05) is 12.8 Å². The maximum absolute atomic E-state index is 11.6. The summed E-state index contributed by atoms with van der Waals surface area (Å²) in [5.74, 6) is 1.43. The van der Waals surface area contributed by atoms with Crippen LogP contribution in [0.4, 0.5) is 0 Å². The van der Waals surface area contributed by atoms with Crippen molar-refractivity contribution in [3.05, 3.63) is 36.3 Å². The number of nitrogens with zero attached hydrogens (tertiary/aromatic N) is 2. The molecule has 0 aliphatic rings. The quantitative estimate of drug-likeness (QED) is 0.814. The third-order valence-electron chi connectivity index (χ3n) is 2.40. The topological polar surface area (TPSA) is 83.8 Å². The van der Waals surface area contributed by atoms with Crippen molar-refractivity contribution in [2.24, 2.45) is 0 Å². The van der Waals surface area contributed by atoms with Crippen molar-refractivity contribution < 1.29 is 9.21 Å². The standard InChI is InChI=1S/C11H14N4O2/c1-8(11-12-7-13-15-11)14-10(16)5-4-9-3-2-6-17-9/h2-3,6-8H,4-5H2,1H3,(H,14,16)(H,12,13,15). The Labute approximate surface area is 98.4 Å². The van der Waals surface area contributed by atoms with Gasteiger partial charge in [0.2, 0.25) is 5.91 Å². The fraction of sp³-hybridized carbons (Fsp3) is 0.364. The van der Waals surface area contributed by atoms with Crippen molar-refractivity contribution in [1.29, 1.82) is 0 Å². The summed E-state index contributed by atoms with van der Waals surface area (Å²) in [6, 6.07) is 3.50. The highest BCUT2D eigenvalue weighted by atomic mass is 16.3. The lowest BCUT2D eigenvalue weighted by atomic mass is 10.2. The van der Waals surface area contributed by atoms with Crippen molar-refractivity contribution in [3.8, 4) is 0 Å². The van der Waals surface area contributed by atoms with E-state index in [1.165, 1.54) is 6.33 Å². The van der Waals surface area contributed by atoms with E-state index < -0.39 is 0 Å². The Bertz CT molecular complexity index is 450. The molecule has 1 amide bonds. The molecule has 17 heavy (non-hydrogen) atoms.